The third-order valence-corrected chi connectivity index (χ3v) is 4.83. The van der Waals surface area contributed by atoms with Gasteiger partial charge in [-0.2, -0.15) is 0 Å². The Labute approximate surface area is 166 Å². The lowest BCUT2D eigenvalue weighted by Gasteiger charge is -2.25. The predicted octanol–water partition coefficient (Wildman–Crippen LogP) is 3.95. The number of ether oxygens (including phenoxy) is 2. The molecule has 0 bridgehead atoms. The second-order valence-corrected chi connectivity index (χ2v) is 6.89. The quantitative estimate of drug-likeness (QED) is 0.741. The summed E-state index contributed by atoms with van der Waals surface area (Å²) in [5.74, 6) is 0.627. The van der Waals surface area contributed by atoms with E-state index in [2.05, 4.69) is 41.4 Å². The lowest BCUT2D eigenvalue weighted by atomic mass is 10.0. The van der Waals surface area contributed by atoms with Gasteiger partial charge in [-0.3, -0.25) is 4.79 Å². The maximum atomic E-state index is 12.6. The van der Waals surface area contributed by atoms with Crippen LogP contribution in [0.3, 0.4) is 0 Å². The van der Waals surface area contributed by atoms with Crippen molar-refractivity contribution in [1.82, 2.24) is 10.2 Å². The highest BCUT2D eigenvalue weighted by atomic mass is 35.5. The standard InChI is InChI=1S/C21H27ClN2O3/c1-6-14-7-9-15(10-8-14)18(24(2)3)13-23-21(25)16-11-17(22)20(27-5)19(12-16)26-4/h7-12,18H,6,13H2,1-5H3,(H,23,25). The Morgan fingerprint density at radius 1 is 1.15 bits per heavy atom. The number of carbonyl (C=O) groups excluding carboxylic acids is 1. The van der Waals surface area contributed by atoms with Gasteiger partial charge in [-0.25, -0.2) is 0 Å². The summed E-state index contributed by atoms with van der Waals surface area (Å²) in [7, 11) is 7.02. The van der Waals surface area contributed by atoms with Crippen LogP contribution in [0.25, 0.3) is 0 Å². The summed E-state index contributed by atoms with van der Waals surface area (Å²) in [4.78, 5) is 14.7. The van der Waals surface area contributed by atoms with Crippen LogP contribution in [-0.2, 0) is 6.42 Å². The van der Waals surface area contributed by atoms with Crippen molar-refractivity contribution < 1.29 is 14.3 Å². The number of carbonyl (C=O) groups is 1. The van der Waals surface area contributed by atoms with Gasteiger partial charge in [0, 0.05) is 12.1 Å². The van der Waals surface area contributed by atoms with E-state index in [4.69, 9.17) is 21.1 Å². The number of benzene rings is 2. The number of nitrogens with zero attached hydrogens (tertiary/aromatic N) is 1. The van der Waals surface area contributed by atoms with Crippen molar-refractivity contribution in [3.63, 3.8) is 0 Å². The van der Waals surface area contributed by atoms with Crippen molar-refractivity contribution in [2.75, 3.05) is 34.9 Å². The van der Waals surface area contributed by atoms with Crippen molar-refractivity contribution >= 4 is 17.5 Å². The largest absolute Gasteiger partial charge is 0.493 e. The van der Waals surface area contributed by atoms with Crippen LogP contribution < -0.4 is 14.8 Å². The SMILES string of the molecule is CCc1ccc(C(CNC(=O)c2cc(Cl)c(OC)c(OC)c2)N(C)C)cc1. The molecule has 2 aromatic rings. The first kappa shape index (κ1) is 21.1. The number of aryl methyl sites for hydroxylation is 1. The molecule has 0 spiro atoms. The zero-order valence-electron chi connectivity index (χ0n) is 16.5. The van der Waals surface area contributed by atoms with Crippen LogP contribution in [0.2, 0.25) is 5.02 Å². The van der Waals surface area contributed by atoms with Gasteiger partial charge in [0.05, 0.1) is 25.3 Å². The van der Waals surface area contributed by atoms with E-state index in [0.29, 0.717) is 28.6 Å². The first-order chi connectivity index (χ1) is 12.9. The summed E-state index contributed by atoms with van der Waals surface area (Å²) in [5, 5.41) is 3.32. The van der Waals surface area contributed by atoms with E-state index in [1.807, 2.05) is 14.1 Å². The third kappa shape index (κ3) is 5.15. The smallest absolute Gasteiger partial charge is 0.251 e. The topological polar surface area (TPSA) is 50.8 Å². The van der Waals surface area contributed by atoms with Gasteiger partial charge < -0.3 is 19.7 Å². The Morgan fingerprint density at radius 2 is 1.81 bits per heavy atom. The summed E-state index contributed by atoms with van der Waals surface area (Å²) in [6.45, 7) is 2.61. The van der Waals surface area contributed by atoms with Crippen molar-refractivity contribution in [1.29, 1.82) is 0 Å². The molecule has 2 rings (SSSR count). The van der Waals surface area contributed by atoms with Crippen LogP contribution in [0.1, 0.15) is 34.5 Å². The Bertz CT molecular complexity index is 776. The second-order valence-electron chi connectivity index (χ2n) is 6.48. The Hall–Kier alpha value is -2.24. The molecule has 146 valence electrons. The number of hydrogen-bond acceptors (Lipinski definition) is 4. The highest BCUT2D eigenvalue weighted by Gasteiger charge is 2.18. The van der Waals surface area contributed by atoms with Crippen LogP contribution in [0.15, 0.2) is 36.4 Å². The number of halogens is 1. The lowest BCUT2D eigenvalue weighted by Crippen LogP contribution is -2.34. The Kier molecular flexibility index (Phi) is 7.51. The molecule has 1 unspecified atom stereocenters. The van der Waals surface area contributed by atoms with E-state index in [9.17, 15) is 4.79 Å². The van der Waals surface area contributed by atoms with Gasteiger partial charge in [-0.15, -0.1) is 0 Å². The van der Waals surface area contributed by atoms with Gasteiger partial charge in [0.15, 0.2) is 11.5 Å². The molecule has 6 heteroatoms. The molecule has 1 amide bonds. The van der Waals surface area contributed by atoms with Gasteiger partial charge in [-0.1, -0.05) is 42.8 Å². The molecule has 0 heterocycles. The van der Waals surface area contributed by atoms with Gasteiger partial charge in [0.2, 0.25) is 0 Å². The van der Waals surface area contributed by atoms with E-state index in [1.165, 1.54) is 19.8 Å². The lowest BCUT2D eigenvalue weighted by molar-refractivity contribution is 0.0941. The zero-order chi connectivity index (χ0) is 20.0. The summed E-state index contributed by atoms with van der Waals surface area (Å²) in [6.07, 6.45) is 1.00. The molecule has 1 atom stereocenters. The predicted molar refractivity (Wildman–Crippen MR) is 109 cm³/mol. The van der Waals surface area contributed by atoms with E-state index in [-0.39, 0.29) is 11.9 Å². The average molecular weight is 391 g/mol. The summed E-state index contributed by atoms with van der Waals surface area (Å²) < 4.78 is 10.5. The molecule has 0 radical (unpaired) electrons. The number of hydrogen-bond donors (Lipinski definition) is 1. The molecule has 0 fully saturated rings. The molecule has 0 aliphatic carbocycles. The first-order valence-corrected chi connectivity index (χ1v) is 9.24. The molecule has 0 aliphatic rings. The number of amides is 1. The minimum Gasteiger partial charge on any atom is -0.493 e. The molecule has 27 heavy (non-hydrogen) atoms. The maximum absolute atomic E-state index is 12.6. The van der Waals surface area contributed by atoms with E-state index in [0.717, 1.165) is 12.0 Å². The number of likely N-dealkylation sites (N-methyl/N-ethyl adjacent to an activating group) is 1. The third-order valence-electron chi connectivity index (χ3n) is 4.55. The van der Waals surface area contributed by atoms with Crippen LogP contribution >= 0.6 is 11.6 Å². The monoisotopic (exact) mass is 390 g/mol. The normalized spacial score (nSPS) is 12.0. The number of methoxy groups -OCH3 is 2. The summed E-state index contributed by atoms with van der Waals surface area (Å²) in [5.41, 5.74) is 2.87. The van der Waals surface area contributed by atoms with Gasteiger partial charge in [0.1, 0.15) is 0 Å². The van der Waals surface area contributed by atoms with Gasteiger partial charge in [-0.05, 0) is 43.8 Å². The summed E-state index contributed by atoms with van der Waals surface area (Å²) >= 11 is 6.20. The minimum absolute atomic E-state index is 0.0653. The summed E-state index contributed by atoms with van der Waals surface area (Å²) in [6, 6.07) is 11.8. The molecule has 0 saturated carbocycles. The van der Waals surface area contributed by atoms with Gasteiger partial charge >= 0.3 is 0 Å². The van der Waals surface area contributed by atoms with Gasteiger partial charge in [0.25, 0.3) is 5.91 Å². The molecular formula is C21H27ClN2O3. The molecule has 1 N–H and O–H groups in total. The van der Waals surface area contributed by atoms with Crippen LogP contribution in [0.4, 0.5) is 0 Å². The zero-order valence-corrected chi connectivity index (χ0v) is 17.3. The molecule has 0 aliphatic heterocycles. The van der Waals surface area contributed by atoms with Crippen molar-refractivity contribution in [3.05, 3.63) is 58.1 Å². The molecular weight excluding hydrogens is 364 g/mol. The van der Waals surface area contributed by atoms with Crippen molar-refractivity contribution in [3.8, 4) is 11.5 Å². The highest BCUT2D eigenvalue weighted by Crippen LogP contribution is 2.36. The fourth-order valence-electron chi connectivity index (χ4n) is 2.91. The molecule has 0 saturated heterocycles. The Morgan fingerprint density at radius 3 is 2.33 bits per heavy atom. The fourth-order valence-corrected chi connectivity index (χ4v) is 3.20. The molecule has 0 aromatic heterocycles. The van der Waals surface area contributed by atoms with E-state index in [1.54, 1.807) is 12.1 Å². The molecule has 5 nitrogen and oxygen atoms in total. The van der Waals surface area contributed by atoms with E-state index >= 15 is 0 Å². The fraction of sp³-hybridized carbons (Fsp3) is 0.381. The van der Waals surface area contributed by atoms with Crippen LogP contribution in [0.5, 0.6) is 11.5 Å². The van der Waals surface area contributed by atoms with Crippen LogP contribution in [-0.4, -0.2) is 45.7 Å². The minimum atomic E-state index is -0.213. The maximum Gasteiger partial charge on any atom is 0.251 e. The van der Waals surface area contributed by atoms with Crippen molar-refractivity contribution in [2.45, 2.75) is 19.4 Å². The van der Waals surface area contributed by atoms with Crippen molar-refractivity contribution in [2.24, 2.45) is 0 Å². The van der Waals surface area contributed by atoms with Crippen LogP contribution in [0, 0.1) is 0 Å². The molecule has 2 aromatic carbocycles. The highest BCUT2D eigenvalue weighted by molar-refractivity contribution is 6.32. The van der Waals surface area contributed by atoms with E-state index < -0.39 is 0 Å². The second kappa shape index (κ2) is 9.62. The number of nitrogens with one attached hydrogen (secondary N) is 1. The number of rotatable bonds is 8. The first-order valence-electron chi connectivity index (χ1n) is 8.86. The Balaban J connectivity index is 2.15. The average Bonchev–Trinajstić information content (AvgIpc) is 2.67.